The summed E-state index contributed by atoms with van der Waals surface area (Å²) < 4.78 is 0. The molecule has 0 amide bonds. The van der Waals surface area contributed by atoms with E-state index in [-0.39, 0.29) is 12.1 Å². The van der Waals surface area contributed by atoms with Gasteiger partial charge in [0, 0.05) is 0 Å². The molecule has 0 aromatic rings. The van der Waals surface area contributed by atoms with Gasteiger partial charge in [0.15, 0.2) is 5.96 Å². The Balaban J connectivity index is 3.96. The standard InChI is InChI=1S/C6H16N4/c1-4-5(10(2)3)9-6(7)8/h5H,4H2,1-3H3,(H4,7,8,9). The molecule has 0 aliphatic rings. The van der Waals surface area contributed by atoms with Crippen molar-refractivity contribution in [3.05, 3.63) is 0 Å². The van der Waals surface area contributed by atoms with Crippen LogP contribution in [-0.2, 0) is 0 Å². The monoisotopic (exact) mass is 144 g/mol. The fourth-order valence-electron chi connectivity index (χ4n) is 0.744. The molecule has 0 bridgehead atoms. The molecule has 0 aliphatic carbocycles. The van der Waals surface area contributed by atoms with Crippen LogP contribution in [0.15, 0.2) is 4.99 Å². The maximum absolute atomic E-state index is 5.21. The first-order chi connectivity index (χ1) is 4.57. The van der Waals surface area contributed by atoms with Gasteiger partial charge >= 0.3 is 0 Å². The molecule has 0 rings (SSSR count). The summed E-state index contributed by atoms with van der Waals surface area (Å²) in [6.07, 6.45) is 1.04. The van der Waals surface area contributed by atoms with Gasteiger partial charge in [0.2, 0.25) is 0 Å². The summed E-state index contributed by atoms with van der Waals surface area (Å²) in [6, 6.07) is 0. The maximum atomic E-state index is 5.21. The minimum absolute atomic E-state index is 0.116. The molecule has 0 saturated carbocycles. The molecule has 60 valence electrons. The van der Waals surface area contributed by atoms with Crippen molar-refractivity contribution in [2.75, 3.05) is 14.1 Å². The Morgan fingerprint density at radius 3 is 2.10 bits per heavy atom. The van der Waals surface area contributed by atoms with Crippen molar-refractivity contribution >= 4 is 5.96 Å². The lowest BCUT2D eigenvalue weighted by molar-refractivity contribution is 0.295. The van der Waals surface area contributed by atoms with Crippen molar-refractivity contribution in [2.24, 2.45) is 16.5 Å². The molecule has 4 heteroatoms. The molecule has 1 atom stereocenters. The van der Waals surface area contributed by atoms with Crippen LogP contribution in [0.4, 0.5) is 0 Å². The molecule has 0 saturated heterocycles. The van der Waals surface area contributed by atoms with Crippen molar-refractivity contribution in [3.63, 3.8) is 0 Å². The van der Waals surface area contributed by atoms with Gasteiger partial charge in [-0.3, -0.25) is 4.90 Å². The average Bonchev–Trinajstić information content (AvgIpc) is 1.81. The summed E-state index contributed by atoms with van der Waals surface area (Å²) in [5.41, 5.74) is 10.4. The Bertz CT molecular complexity index is 115. The van der Waals surface area contributed by atoms with Gasteiger partial charge < -0.3 is 11.5 Å². The summed E-state index contributed by atoms with van der Waals surface area (Å²) in [5.74, 6) is 0.153. The lowest BCUT2D eigenvalue weighted by Crippen LogP contribution is -2.31. The second kappa shape index (κ2) is 4.11. The second-order valence-corrected chi connectivity index (χ2v) is 2.41. The molecular formula is C6H16N4. The molecule has 4 N–H and O–H groups in total. The summed E-state index contributed by atoms with van der Waals surface area (Å²) >= 11 is 0. The summed E-state index contributed by atoms with van der Waals surface area (Å²) in [4.78, 5) is 5.96. The zero-order chi connectivity index (χ0) is 8.15. The number of rotatable bonds is 3. The topological polar surface area (TPSA) is 67.6 Å². The minimum Gasteiger partial charge on any atom is -0.370 e. The fraction of sp³-hybridized carbons (Fsp3) is 0.833. The van der Waals surface area contributed by atoms with Crippen LogP contribution in [0, 0.1) is 0 Å². The van der Waals surface area contributed by atoms with Crippen molar-refractivity contribution in [2.45, 2.75) is 19.5 Å². The van der Waals surface area contributed by atoms with Crippen molar-refractivity contribution in [1.29, 1.82) is 0 Å². The molecule has 10 heavy (non-hydrogen) atoms. The number of nitrogens with two attached hydrogens (primary N) is 2. The average molecular weight is 144 g/mol. The third-order valence-electron chi connectivity index (χ3n) is 1.26. The maximum Gasteiger partial charge on any atom is 0.187 e. The Morgan fingerprint density at radius 2 is 2.00 bits per heavy atom. The third-order valence-corrected chi connectivity index (χ3v) is 1.26. The highest BCUT2D eigenvalue weighted by molar-refractivity contribution is 5.75. The van der Waals surface area contributed by atoms with Gasteiger partial charge in [-0.2, -0.15) is 0 Å². The molecule has 0 aliphatic heterocycles. The molecule has 0 aromatic carbocycles. The number of aliphatic imine (C=N–C) groups is 1. The second-order valence-electron chi connectivity index (χ2n) is 2.41. The predicted octanol–water partition coefficient (Wildman–Crippen LogP) is -0.442. The highest BCUT2D eigenvalue weighted by atomic mass is 15.2. The molecule has 0 aromatic heterocycles. The Labute approximate surface area is 61.9 Å². The van der Waals surface area contributed by atoms with E-state index in [1.54, 1.807) is 0 Å². The molecule has 1 unspecified atom stereocenters. The van der Waals surface area contributed by atoms with E-state index in [4.69, 9.17) is 11.5 Å². The van der Waals surface area contributed by atoms with Crippen LogP contribution in [0.5, 0.6) is 0 Å². The van der Waals surface area contributed by atoms with Gasteiger partial charge in [0.1, 0.15) is 6.17 Å². The lowest BCUT2D eigenvalue weighted by atomic mass is 10.3. The normalized spacial score (nSPS) is 13.2. The van der Waals surface area contributed by atoms with Crippen LogP contribution in [0.1, 0.15) is 13.3 Å². The largest absolute Gasteiger partial charge is 0.370 e. The highest BCUT2D eigenvalue weighted by Gasteiger charge is 2.04. The summed E-state index contributed by atoms with van der Waals surface area (Å²) in [6.45, 7) is 2.04. The van der Waals surface area contributed by atoms with Gasteiger partial charge in [-0.15, -0.1) is 0 Å². The molecule has 0 spiro atoms. The van der Waals surface area contributed by atoms with Gasteiger partial charge in [-0.1, -0.05) is 6.92 Å². The number of guanidine groups is 1. The minimum atomic E-state index is 0.116. The van der Waals surface area contributed by atoms with E-state index < -0.39 is 0 Å². The smallest absolute Gasteiger partial charge is 0.187 e. The van der Waals surface area contributed by atoms with Crippen LogP contribution in [-0.4, -0.2) is 31.1 Å². The van der Waals surface area contributed by atoms with Crippen molar-refractivity contribution in [3.8, 4) is 0 Å². The quantitative estimate of drug-likeness (QED) is 0.416. The number of hydrogen-bond acceptors (Lipinski definition) is 2. The van der Waals surface area contributed by atoms with Crippen LogP contribution in [0.25, 0.3) is 0 Å². The van der Waals surface area contributed by atoms with E-state index in [2.05, 4.69) is 4.99 Å². The Morgan fingerprint density at radius 1 is 1.50 bits per heavy atom. The molecule has 0 radical (unpaired) electrons. The van der Waals surface area contributed by atoms with E-state index >= 15 is 0 Å². The van der Waals surface area contributed by atoms with Crippen LogP contribution in [0.3, 0.4) is 0 Å². The van der Waals surface area contributed by atoms with E-state index in [0.717, 1.165) is 6.42 Å². The van der Waals surface area contributed by atoms with Gasteiger partial charge in [0.05, 0.1) is 0 Å². The van der Waals surface area contributed by atoms with Crippen LogP contribution >= 0.6 is 0 Å². The first-order valence-corrected chi connectivity index (χ1v) is 3.33. The summed E-state index contributed by atoms with van der Waals surface area (Å²) in [5, 5.41) is 0. The molecule has 0 heterocycles. The Kier molecular flexibility index (Phi) is 3.79. The first kappa shape index (κ1) is 9.23. The first-order valence-electron chi connectivity index (χ1n) is 3.33. The van der Waals surface area contributed by atoms with Gasteiger partial charge in [-0.05, 0) is 20.5 Å². The predicted molar refractivity (Wildman–Crippen MR) is 43.6 cm³/mol. The van der Waals surface area contributed by atoms with Crippen molar-refractivity contribution in [1.82, 2.24) is 4.90 Å². The van der Waals surface area contributed by atoms with E-state index in [1.165, 1.54) is 0 Å². The van der Waals surface area contributed by atoms with Crippen LogP contribution < -0.4 is 11.5 Å². The van der Waals surface area contributed by atoms with Gasteiger partial charge in [0.25, 0.3) is 0 Å². The fourth-order valence-corrected chi connectivity index (χ4v) is 0.744. The molecule has 4 nitrogen and oxygen atoms in total. The van der Waals surface area contributed by atoms with Crippen LogP contribution in [0.2, 0.25) is 0 Å². The molecular weight excluding hydrogens is 128 g/mol. The summed E-state index contributed by atoms with van der Waals surface area (Å²) in [7, 11) is 3.89. The van der Waals surface area contributed by atoms with E-state index in [9.17, 15) is 0 Å². The van der Waals surface area contributed by atoms with Crippen molar-refractivity contribution < 1.29 is 0 Å². The number of nitrogens with zero attached hydrogens (tertiary/aromatic N) is 2. The third kappa shape index (κ3) is 3.29. The molecule has 0 fully saturated rings. The highest BCUT2D eigenvalue weighted by Crippen LogP contribution is 1.98. The van der Waals surface area contributed by atoms with Gasteiger partial charge in [-0.25, -0.2) is 4.99 Å². The lowest BCUT2D eigenvalue weighted by Gasteiger charge is -2.17. The zero-order valence-corrected chi connectivity index (χ0v) is 6.83. The van der Waals surface area contributed by atoms with E-state index in [0.29, 0.717) is 0 Å². The Hall–Kier alpha value is -0.770. The number of hydrogen-bond donors (Lipinski definition) is 2. The zero-order valence-electron chi connectivity index (χ0n) is 6.83. The van der Waals surface area contributed by atoms with E-state index in [1.807, 2.05) is 25.9 Å². The SMILES string of the molecule is CCC(N=C(N)N)N(C)C.